The van der Waals surface area contributed by atoms with E-state index in [1.807, 2.05) is 11.3 Å². The molecule has 1 aromatic heterocycles. The molecule has 0 bridgehead atoms. The highest BCUT2D eigenvalue weighted by molar-refractivity contribution is 7.12. The Kier molecular flexibility index (Phi) is 5.34. The van der Waals surface area contributed by atoms with Crippen molar-refractivity contribution in [3.05, 3.63) is 21.9 Å². The monoisotopic (exact) mass is 225 g/mol. The van der Waals surface area contributed by atoms with E-state index in [0.29, 0.717) is 12.1 Å². The molecule has 0 radical (unpaired) electrons. The van der Waals surface area contributed by atoms with Crippen LogP contribution in [0, 0.1) is 6.92 Å². The molecule has 15 heavy (non-hydrogen) atoms. The van der Waals surface area contributed by atoms with E-state index in [0.717, 1.165) is 0 Å². The van der Waals surface area contributed by atoms with Gasteiger partial charge in [0.15, 0.2) is 0 Å². The van der Waals surface area contributed by atoms with Crippen LogP contribution in [-0.2, 0) is 0 Å². The maximum Gasteiger partial charge on any atom is 0.0416 e. The largest absolute Gasteiger partial charge is 0.307 e. The van der Waals surface area contributed by atoms with Gasteiger partial charge in [-0.2, -0.15) is 0 Å². The molecule has 0 aliphatic heterocycles. The fourth-order valence-corrected chi connectivity index (χ4v) is 2.73. The summed E-state index contributed by atoms with van der Waals surface area (Å²) in [6, 6.07) is 5.62. The van der Waals surface area contributed by atoms with Crippen molar-refractivity contribution in [3.8, 4) is 0 Å². The van der Waals surface area contributed by atoms with Crippen LogP contribution in [0.15, 0.2) is 12.1 Å². The highest BCUT2D eigenvalue weighted by atomic mass is 32.1. The molecule has 2 heteroatoms. The van der Waals surface area contributed by atoms with Crippen molar-refractivity contribution in [2.45, 2.75) is 59.0 Å². The van der Waals surface area contributed by atoms with Crippen LogP contribution in [0.4, 0.5) is 0 Å². The SMILES string of the molecule is CCCCC(NC(C)C)c1ccc(C)s1. The lowest BCUT2D eigenvalue weighted by molar-refractivity contribution is 0.445. The van der Waals surface area contributed by atoms with Crippen molar-refractivity contribution in [3.63, 3.8) is 0 Å². The van der Waals surface area contributed by atoms with Crippen LogP contribution in [0.25, 0.3) is 0 Å². The van der Waals surface area contributed by atoms with Gasteiger partial charge >= 0.3 is 0 Å². The van der Waals surface area contributed by atoms with E-state index in [-0.39, 0.29) is 0 Å². The Balaban J connectivity index is 2.62. The van der Waals surface area contributed by atoms with Crippen LogP contribution in [0.3, 0.4) is 0 Å². The average Bonchev–Trinajstić information content (AvgIpc) is 2.58. The molecular weight excluding hydrogens is 202 g/mol. The summed E-state index contributed by atoms with van der Waals surface area (Å²) in [5.41, 5.74) is 0. The van der Waals surface area contributed by atoms with E-state index in [9.17, 15) is 0 Å². The van der Waals surface area contributed by atoms with Gasteiger partial charge in [0.1, 0.15) is 0 Å². The number of hydrogen-bond donors (Lipinski definition) is 1. The second-order valence-electron chi connectivity index (χ2n) is 4.46. The molecule has 0 aliphatic carbocycles. The van der Waals surface area contributed by atoms with Crippen molar-refractivity contribution in [1.29, 1.82) is 0 Å². The number of rotatable bonds is 6. The zero-order valence-electron chi connectivity index (χ0n) is 10.3. The first kappa shape index (κ1) is 12.7. The van der Waals surface area contributed by atoms with Crippen molar-refractivity contribution in [2.75, 3.05) is 0 Å². The van der Waals surface area contributed by atoms with Gasteiger partial charge in [-0.15, -0.1) is 11.3 Å². The molecule has 0 aliphatic rings. The fraction of sp³-hybridized carbons (Fsp3) is 0.692. The van der Waals surface area contributed by atoms with Crippen LogP contribution >= 0.6 is 11.3 Å². The van der Waals surface area contributed by atoms with Crippen LogP contribution in [0.2, 0.25) is 0 Å². The quantitative estimate of drug-likeness (QED) is 0.761. The van der Waals surface area contributed by atoms with Gasteiger partial charge in [-0.05, 0) is 25.5 Å². The van der Waals surface area contributed by atoms with E-state index >= 15 is 0 Å². The minimum absolute atomic E-state index is 0.559. The Morgan fingerprint density at radius 2 is 2.07 bits per heavy atom. The smallest absolute Gasteiger partial charge is 0.0416 e. The van der Waals surface area contributed by atoms with Gasteiger partial charge in [-0.1, -0.05) is 33.6 Å². The molecule has 86 valence electrons. The number of unbranched alkanes of at least 4 members (excludes halogenated alkanes) is 1. The highest BCUT2D eigenvalue weighted by Gasteiger charge is 2.13. The van der Waals surface area contributed by atoms with Gasteiger partial charge in [-0.3, -0.25) is 0 Å². The molecule has 1 heterocycles. The maximum absolute atomic E-state index is 3.65. The first-order valence-corrected chi connectivity index (χ1v) is 6.77. The van der Waals surface area contributed by atoms with Crippen LogP contribution < -0.4 is 5.32 Å². The predicted molar refractivity (Wildman–Crippen MR) is 69.6 cm³/mol. The lowest BCUT2D eigenvalue weighted by Crippen LogP contribution is -2.27. The lowest BCUT2D eigenvalue weighted by atomic mass is 10.1. The third-order valence-corrected chi connectivity index (χ3v) is 3.60. The fourth-order valence-electron chi connectivity index (χ4n) is 1.76. The second-order valence-corrected chi connectivity index (χ2v) is 5.78. The van der Waals surface area contributed by atoms with E-state index in [4.69, 9.17) is 0 Å². The molecule has 0 saturated heterocycles. The summed E-state index contributed by atoms with van der Waals surface area (Å²) in [6.45, 7) is 8.88. The molecule has 1 atom stereocenters. The minimum Gasteiger partial charge on any atom is -0.307 e. The number of nitrogens with one attached hydrogen (secondary N) is 1. The third-order valence-electron chi connectivity index (χ3n) is 2.49. The third kappa shape index (κ3) is 4.35. The normalized spacial score (nSPS) is 13.4. The summed E-state index contributed by atoms with van der Waals surface area (Å²) in [5.74, 6) is 0. The average molecular weight is 225 g/mol. The minimum atomic E-state index is 0.559. The standard InChI is InChI=1S/C13H23NS/c1-5-6-7-12(14-10(2)3)13-9-8-11(4)15-13/h8-10,12,14H,5-7H2,1-4H3. The Hall–Kier alpha value is -0.340. The summed E-state index contributed by atoms with van der Waals surface area (Å²) in [5, 5.41) is 3.65. The van der Waals surface area contributed by atoms with Gasteiger partial charge in [0.25, 0.3) is 0 Å². The van der Waals surface area contributed by atoms with E-state index < -0.39 is 0 Å². The van der Waals surface area contributed by atoms with Crippen molar-refractivity contribution < 1.29 is 0 Å². The van der Waals surface area contributed by atoms with Gasteiger partial charge in [-0.25, -0.2) is 0 Å². The van der Waals surface area contributed by atoms with Gasteiger partial charge in [0.05, 0.1) is 0 Å². The molecule has 0 amide bonds. The van der Waals surface area contributed by atoms with Crippen molar-refractivity contribution in [1.82, 2.24) is 5.32 Å². The van der Waals surface area contributed by atoms with Crippen molar-refractivity contribution >= 4 is 11.3 Å². The highest BCUT2D eigenvalue weighted by Crippen LogP contribution is 2.26. The zero-order chi connectivity index (χ0) is 11.3. The summed E-state index contributed by atoms with van der Waals surface area (Å²) in [6.07, 6.45) is 3.84. The molecule has 0 saturated carbocycles. The Bertz CT molecular complexity index is 278. The first-order valence-electron chi connectivity index (χ1n) is 5.96. The van der Waals surface area contributed by atoms with Crippen LogP contribution in [-0.4, -0.2) is 6.04 Å². The summed E-state index contributed by atoms with van der Waals surface area (Å²) >= 11 is 1.93. The molecule has 1 unspecified atom stereocenters. The topological polar surface area (TPSA) is 12.0 Å². The predicted octanol–water partition coefficient (Wildman–Crippen LogP) is 4.29. The number of thiophene rings is 1. The zero-order valence-corrected chi connectivity index (χ0v) is 11.2. The van der Waals surface area contributed by atoms with Crippen LogP contribution in [0.1, 0.15) is 55.8 Å². The Morgan fingerprint density at radius 1 is 1.33 bits per heavy atom. The van der Waals surface area contributed by atoms with Gasteiger partial charge in [0.2, 0.25) is 0 Å². The summed E-state index contributed by atoms with van der Waals surface area (Å²) < 4.78 is 0. The number of hydrogen-bond acceptors (Lipinski definition) is 2. The molecule has 0 fully saturated rings. The lowest BCUT2D eigenvalue weighted by Gasteiger charge is -2.19. The second kappa shape index (κ2) is 6.29. The summed E-state index contributed by atoms with van der Waals surface area (Å²) in [4.78, 5) is 2.91. The van der Waals surface area contributed by atoms with E-state index in [2.05, 4.69) is 45.1 Å². The molecule has 1 rings (SSSR count). The molecule has 1 aromatic rings. The number of aryl methyl sites for hydroxylation is 1. The maximum atomic E-state index is 3.65. The first-order chi connectivity index (χ1) is 7.13. The molecule has 0 spiro atoms. The molecule has 1 nitrogen and oxygen atoms in total. The Morgan fingerprint density at radius 3 is 2.53 bits per heavy atom. The van der Waals surface area contributed by atoms with Gasteiger partial charge in [0, 0.05) is 21.8 Å². The summed E-state index contributed by atoms with van der Waals surface area (Å²) in [7, 11) is 0. The van der Waals surface area contributed by atoms with E-state index in [1.165, 1.54) is 29.0 Å². The molecule has 0 aromatic carbocycles. The van der Waals surface area contributed by atoms with E-state index in [1.54, 1.807) is 0 Å². The van der Waals surface area contributed by atoms with Crippen LogP contribution in [0.5, 0.6) is 0 Å². The molecule has 1 N–H and O–H groups in total. The van der Waals surface area contributed by atoms with Gasteiger partial charge < -0.3 is 5.32 Å². The van der Waals surface area contributed by atoms with Crippen molar-refractivity contribution in [2.24, 2.45) is 0 Å². The Labute approximate surface area is 97.9 Å². The molecular formula is C13H23NS.